The molecule has 0 aliphatic rings. The van der Waals surface area contributed by atoms with Gasteiger partial charge in [-0.15, -0.1) is 0 Å². The van der Waals surface area contributed by atoms with E-state index in [-0.39, 0.29) is 24.2 Å². The predicted molar refractivity (Wildman–Crippen MR) is 96.3 cm³/mol. The Bertz CT molecular complexity index is 851. The van der Waals surface area contributed by atoms with Crippen LogP contribution in [-0.4, -0.2) is 44.7 Å². The summed E-state index contributed by atoms with van der Waals surface area (Å²) in [6.07, 6.45) is 0. The van der Waals surface area contributed by atoms with Crippen molar-refractivity contribution < 1.29 is 29.7 Å². The van der Waals surface area contributed by atoms with Crippen LogP contribution in [0.3, 0.4) is 0 Å². The van der Waals surface area contributed by atoms with Gasteiger partial charge in [0.1, 0.15) is 0 Å². The van der Waals surface area contributed by atoms with E-state index in [9.17, 15) is 19.5 Å². The topological polar surface area (TPSA) is 115 Å². The van der Waals surface area contributed by atoms with E-state index in [4.69, 9.17) is 10.2 Å². The monoisotopic (exact) mass is 421 g/mol. The average Bonchev–Trinajstić information content (AvgIpc) is 2.56. The maximum absolute atomic E-state index is 11.3. The molecule has 7 nitrogen and oxygen atoms in total. The average molecular weight is 422 g/mol. The Morgan fingerprint density at radius 1 is 0.885 bits per heavy atom. The number of aliphatic carboxylic acids is 1. The first-order chi connectivity index (χ1) is 12.3. The zero-order chi connectivity index (χ0) is 19.3. The molecule has 0 saturated carbocycles. The van der Waals surface area contributed by atoms with Crippen LogP contribution < -0.4 is 0 Å². The molecular weight excluding hydrogens is 406 g/mol. The molecule has 26 heavy (non-hydrogen) atoms. The first kappa shape index (κ1) is 19.6. The van der Waals surface area contributed by atoms with Crippen molar-refractivity contribution in [1.82, 2.24) is 4.90 Å². The largest absolute Gasteiger partial charge is 0.480 e. The van der Waals surface area contributed by atoms with Gasteiger partial charge in [-0.2, -0.15) is 0 Å². The van der Waals surface area contributed by atoms with Crippen LogP contribution >= 0.6 is 15.9 Å². The standard InChI is InChI=1S/C18H16BrNO6/c19-15-4-2-1-3-12(15)9-20(10-16(21)22)8-11-5-6-13(17(23)24)14(7-11)18(25)26/h1-7H,8-10H2,(H,21,22)(H,23,24)(H,25,26). The quantitative estimate of drug-likeness (QED) is 0.599. The third-order valence-electron chi connectivity index (χ3n) is 3.66. The normalized spacial score (nSPS) is 10.7. The molecule has 0 aliphatic carbocycles. The number of carboxylic acid groups (broad SMARTS) is 3. The Labute approximate surface area is 157 Å². The fourth-order valence-corrected chi connectivity index (χ4v) is 2.95. The highest BCUT2D eigenvalue weighted by Gasteiger charge is 2.18. The number of halogens is 1. The third-order valence-corrected chi connectivity index (χ3v) is 4.44. The van der Waals surface area contributed by atoms with Crippen molar-refractivity contribution in [3.8, 4) is 0 Å². The van der Waals surface area contributed by atoms with E-state index < -0.39 is 17.9 Å². The summed E-state index contributed by atoms with van der Waals surface area (Å²) in [6.45, 7) is 0.245. The number of nitrogens with zero attached hydrogens (tertiary/aromatic N) is 1. The van der Waals surface area contributed by atoms with Crippen LogP contribution in [0.25, 0.3) is 0 Å². The Balaban J connectivity index is 2.29. The van der Waals surface area contributed by atoms with Crippen molar-refractivity contribution in [2.24, 2.45) is 0 Å². The van der Waals surface area contributed by atoms with Crippen molar-refractivity contribution in [1.29, 1.82) is 0 Å². The SMILES string of the molecule is O=C(O)CN(Cc1ccc(C(=O)O)c(C(=O)O)c1)Cc1ccccc1Br. The molecule has 136 valence electrons. The maximum atomic E-state index is 11.3. The van der Waals surface area contributed by atoms with Gasteiger partial charge in [0, 0.05) is 17.6 Å². The molecule has 0 heterocycles. The second kappa shape index (κ2) is 8.59. The molecule has 2 aromatic carbocycles. The summed E-state index contributed by atoms with van der Waals surface area (Å²) < 4.78 is 0.836. The van der Waals surface area contributed by atoms with E-state index in [1.165, 1.54) is 18.2 Å². The summed E-state index contributed by atoms with van der Waals surface area (Å²) in [5.41, 5.74) is 0.762. The summed E-state index contributed by atoms with van der Waals surface area (Å²) in [6, 6.07) is 11.4. The lowest BCUT2D eigenvalue weighted by Crippen LogP contribution is -2.29. The van der Waals surface area contributed by atoms with Crippen LogP contribution in [0.4, 0.5) is 0 Å². The highest BCUT2D eigenvalue weighted by Crippen LogP contribution is 2.20. The molecule has 0 unspecified atom stereocenters. The lowest BCUT2D eigenvalue weighted by molar-refractivity contribution is -0.138. The minimum absolute atomic E-state index is 0.161. The van der Waals surface area contributed by atoms with Gasteiger partial charge in [0.15, 0.2) is 0 Å². The molecule has 0 saturated heterocycles. The minimum Gasteiger partial charge on any atom is -0.480 e. The van der Waals surface area contributed by atoms with Crippen molar-refractivity contribution >= 4 is 33.8 Å². The lowest BCUT2D eigenvalue weighted by atomic mass is 10.0. The highest BCUT2D eigenvalue weighted by atomic mass is 79.9. The van der Waals surface area contributed by atoms with Crippen molar-refractivity contribution in [2.75, 3.05) is 6.54 Å². The van der Waals surface area contributed by atoms with Crippen molar-refractivity contribution in [3.05, 3.63) is 69.2 Å². The van der Waals surface area contributed by atoms with Gasteiger partial charge < -0.3 is 15.3 Å². The summed E-state index contributed by atoms with van der Waals surface area (Å²) >= 11 is 3.42. The van der Waals surface area contributed by atoms with Crippen LogP contribution in [0.15, 0.2) is 46.9 Å². The summed E-state index contributed by atoms with van der Waals surface area (Å²) in [4.78, 5) is 35.2. The number of benzene rings is 2. The number of hydrogen-bond donors (Lipinski definition) is 3. The summed E-state index contributed by atoms with van der Waals surface area (Å²) in [5, 5.41) is 27.4. The third kappa shape index (κ3) is 5.14. The van der Waals surface area contributed by atoms with Gasteiger partial charge in [-0.3, -0.25) is 9.69 Å². The second-order valence-electron chi connectivity index (χ2n) is 5.62. The highest BCUT2D eigenvalue weighted by molar-refractivity contribution is 9.10. The first-order valence-corrected chi connectivity index (χ1v) is 8.34. The molecule has 2 aromatic rings. The Hall–Kier alpha value is -2.71. The smallest absolute Gasteiger partial charge is 0.336 e. The number of rotatable bonds is 8. The predicted octanol–water partition coefficient (Wildman–Crippen LogP) is 2.93. The van der Waals surface area contributed by atoms with E-state index in [0.29, 0.717) is 12.1 Å². The number of carbonyl (C=O) groups is 3. The Morgan fingerprint density at radius 3 is 2.12 bits per heavy atom. The van der Waals surface area contributed by atoms with Gasteiger partial charge in [0.25, 0.3) is 0 Å². The van der Waals surface area contributed by atoms with Crippen LogP contribution in [-0.2, 0) is 17.9 Å². The van der Waals surface area contributed by atoms with Crippen molar-refractivity contribution in [3.63, 3.8) is 0 Å². The van der Waals surface area contributed by atoms with Crippen molar-refractivity contribution in [2.45, 2.75) is 13.1 Å². The lowest BCUT2D eigenvalue weighted by Gasteiger charge is -2.21. The van der Waals surface area contributed by atoms with E-state index in [2.05, 4.69) is 15.9 Å². The molecule has 0 spiro atoms. The maximum Gasteiger partial charge on any atom is 0.336 e. The fraction of sp³-hybridized carbons (Fsp3) is 0.167. The minimum atomic E-state index is -1.35. The summed E-state index contributed by atoms with van der Waals surface area (Å²) in [7, 11) is 0. The van der Waals surface area contributed by atoms with Gasteiger partial charge in [0.05, 0.1) is 17.7 Å². The summed E-state index contributed by atoms with van der Waals surface area (Å²) in [5.74, 6) is -3.69. The van der Waals surface area contributed by atoms with Crippen LogP contribution in [0.2, 0.25) is 0 Å². The van der Waals surface area contributed by atoms with Gasteiger partial charge in [-0.05, 0) is 29.3 Å². The molecule has 2 rings (SSSR count). The van der Waals surface area contributed by atoms with Crippen LogP contribution in [0, 0.1) is 0 Å². The molecule has 0 aromatic heterocycles. The zero-order valence-corrected chi connectivity index (χ0v) is 15.1. The van der Waals surface area contributed by atoms with Gasteiger partial charge in [-0.1, -0.05) is 40.2 Å². The van der Waals surface area contributed by atoms with E-state index in [0.717, 1.165) is 10.0 Å². The molecule has 0 fully saturated rings. The number of carboxylic acids is 3. The fourth-order valence-electron chi connectivity index (χ4n) is 2.54. The van der Waals surface area contributed by atoms with Gasteiger partial charge in [0.2, 0.25) is 0 Å². The van der Waals surface area contributed by atoms with E-state index in [1.807, 2.05) is 24.3 Å². The second-order valence-corrected chi connectivity index (χ2v) is 6.47. The van der Waals surface area contributed by atoms with Gasteiger partial charge >= 0.3 is 17.9 Å². The molecule has 0 aliphatic heterocycles. The first-order valence-electron chi connectivity index (χ1n) is 7.55. The molecule has 0 amide bonds. The number of aromatic carboxylic acids is 2. The number of hydrogen-bond acceptors (Lipinski definition) is 4. The van der Waals surface area contributed by atoms with E-state index >= 15 is 0 Å². The molecular formula is C18H16BrNO6. The van der Waals surface area contributed by atoms with Gasteiger partial charge in [-0.25, -0.2) is 9.59 Å². The zero-order valence-electron chi connectivity index (χ0n) is 13.6. The molecule has 8 heteroatoms. The van der Waals surface area contributed by atoms with E-state index in [1.54, 1.807) is 4.90 Å². The Morgan fingerprint density at radius 2 is 1.54 bits per heavy atom. The van der Waals surface area contributed by atoms with Crippen LogP contribution in [0.5, 0.6) is 0 Å². The molecule has 0 bridgehead atoms. The van der Waals surface area contributed by atoms with Crippen LogP contribution in [0.1, 0.15) is 31.8 Å². The Kier molecular flexibility index (Phi) is 6.48. The molecule has 0 atom stereocenters. The molecule has 3 N–H and O–H groups in total. The molecule has 0 radical (unpaired) electrons.